The van der Waals surface area contributed by atoms with E-state index in [9.17, 15) is 26.4 Å². The highest BCUT2D eigenvalue weighted by molar-refractivity contribution is 7.90. The molecule has 0 saturated heterocycles. The Labute approximate surface area is 205 Å². The Morgan fingerprint density at radius 2 is 1.69 bits per heavy atom. The number of nitrogens with one attached hydrogen (secondary N) is 2. The van der Waals surface area contributed by atoms with Gasteiger partial charge in [-0.1, -0.05) is 41.4 Å². The minimum atomic E-state index is -4.62. The molecule has 4 N–H and O–H groups in total. The molecule has 0 aromatic heterocycles. The largest absolute Gasteiger partial charge is 0.448 e. The van der Waals surface area contributed by atoms with Gasteiger partial charge in [-0.3, -0.25) is 0 Å². The molecule has 12 heteroatoms. The fourth-order valence-corrected chi connectivity index (χ4v) is 4.16. The summed E-state index contributed by atoms with van der Waals surface area (Å²) in [5, 5.41) is 2.42. The molecule has 0 atom stereocenters. The zero-order chi connectivity index (χ0) is 25.8. The zero-order valence-corrected chi connectivity index (χ0v) is 19.9. The van der Waals surface area contributed by atoms with Crippen molar-refractivity contribution in [3.63, 3.8) is 0 Å². The van der Waals surface area contributed by atoms with Crippen LogP contribution in [0, 0.1) is 6.92 Å². The molecule has 0 fully saturated rings. The Bertz CT molecular complexity index is 1310. The molecule has 186 valence electrons. The number of carbonyl (C=O) groups is 1. The third-order valence-electron chi connectivity index (χ3n) is 4.85. The molecule has 0 radical (unpaired) electrons. The van der Waals surface area contributed by atoms with Crippen molar-refractivity contribution in [2.75, 3.05) is 17.7 Å². The average Bonchev–Trinajstić information content (AvgIpc) is 2.76. The van der Waals surface area contributed by atoms with Gasteiger partial charge in [0.05, 0.1) is 33.5 Å². The Kier molecular flexibility index (Phi) is 7.81. The molecule has 0 aliphatic rings. The molecule has 1 amide bonds. The number of anilines is 3. The number of nitrogen functional groups attached to an aromatic ring is 1. The molecule has 3 aromatic rings. The molecule has 7 nitrogen and oxygen atoms in total. The van der Waals surface area contributed by atoms with Crippen LogP contribution in [0.3, 0.4) is 0 Å². The molecule has 0 aliphatic carbocycles. The molecule has 3 rings (SSSR count). The third kappa shape index (κ3) is 7.03. The Balaban J connectivity index is 1.53. The van der Waals surface area contributed by atoms with Gasteiger partial charge in [0.15, 0.2) is 0 Å². The molecule has 3 aromatic carbocycles. The van der Waals surface area contributed by atoms with E-state index < -0.39 is 32.9 Å². The highest BCUT2D eigenvalue weighted by atomic mass is 35.5. The second-order valence-electron chi connectivity index (χ2n) is 7.54. The first-order chi connectivity index (χ1) is 16.3. The molecule has 0 unspecified atom stereocenters. The van der Waals surface area contributed by atoms with Crippen molar-refractivity contribution in [1.82, 2.24) is 4.72 Å². The van der Waals surface area contributed by atoms with E-state index in [0.29, 0.717) is 12.1 Å². The van der Waals surface area contributed by atoms with Crippen LogP contribution < -0.4 is 15.8 Å². The standard InChI is InChI=1S/C23H21ClF3N3O4S/c1-14-2-8-17(9-3-14)35(32,33)30-22(31)34-11-10-15-4-6-16(7-5-15)29-21-13-19(24)18(12-20(21)28)23(25,26)27/h2-9,12-13,29H,10-11,28H2,1H3,(H,30,31). The zero-order valence-electron chi connectivity index (χ0n) is 18.3. The highest BCUT2D eigenvalue weighted by Crippen LogP contribution is 2.39. The van der Waals surface area contributed by atoms with Gasteiger partial charge >= 0.3 is 12.3 Å². The number of rotatable bonds is 7. The van der Waals surface area contributed by atoms with Crippen LogP contribution in [0.4, 0.5) is 35.0 Å². The number of ether oxygens (including phenoxy) is 1. The number of hydrogen-bond acceptors (Lipinski definition) is 6. The van der Waals surface area contributed by atoms with Crippen LogP contribution in [0.15, 0.2) is 65.6 Å². The molecule has 0 heterocycles. The maximum atomic E-state index is 12.9. The third-order valence-corrected chi connectivity index (χ3v) is 6.49. The van der Waals surface area contributed by atoms with Gasteiger partial charge in [0.25, 0.3) is 10.0 Å². The topological polar surface area (TPSA) is 111 Å². The molecule has 0 saturated carbocycles. The smallest absolute Gasteiger partial charge is 0.421 e. The molecule has 0 bridgehead atoms. The number of nitrogens with two attached hydrogens (primary N) is 1. The first-order valence-electron chi connectivity index (χ1n) is 10.1. The van der Waals surface area contributed by atoms with Gasteiger partial charge in [-0.2, -0.15) is 13.2 Å². The second-order valence-corrected chi connectivity index (χ2v) is 9.63. The summed E-state index contributed by atoms with van der Waals surface area (Å²) in [7, 11) is -4.04. The van der Waals surface area contributed by atoms with Gasteiger partial charge in [0.2, 0.25) is 0 Å². The number of benzene rings is 3. The number of alkyl halides is 3. The summed E-state index contributed by atoms with van der Waals surface area (Å²) in [6.45, 7) is 1.73. The Morgan fingerprint density at radius 3 is 2.29 bits per heavy atom. The molecular weight excluding hydrogens is 507 g/mol. The Hall–Kier alpha value is -3.44. The number of aryl methyl sites for hydroxylation is 1. The lowest BCUT2D eigenvalue weighted by Gasteiger charge is -2.15. The van der Waals surface area contributed by atoms with E-state index in [2.05, 4.69) is 5.32 Å². The van der Waals surface area contributed by atoms with Crippen LogP contribution in [0.25, 0.3) is 0 Å². The normalized spacial score (nSPS) is 11.7. The quantitative estimate of drug-likeness (QED) is 0.342. The van der Waals surface area contributed by atoms with E-state index in [1.54, 1.807) is 43.3 Å². The van der Waals surface area contributed by atoms with Crippen LogP contribution in [0.5, 0.6) is 0 Å². The minimum absolute atomic E-state index is 0.0573. The van der Waals surface area contributed by atoms with Crippen LogP contribution in [-0.2, 0) is 27.4 Å². The number of hydrogen-bond donors (Lipinski definition) is 3. The van der Waals surface area contributed by atoms with E-state index >= 15 is 0 Å². The predicted molar refractivity (Wildman–Crippen MR) is 127 cm³/mol. The van der Waals surface area contributed by atoms with Gasteiger partial charge in [0, 0.05) is 12.1 Å². The summed E-state index contributed by atoms with van der Waals surface area (Å²) in [5.74, 6) is 0. The van der Waals surface area contributed by atoms with E-state index in [0.717, 1.165) is 23.3 Å². The van der Waals surface area contributed by atoms with E-state index in [4.69, 9.17) is 22.1 Å². The maximum absolute atomic E-state index is 12.9. The molecule has 35 heavy (non-hydrogen) atoms. The predicted octanol–water partition coefficient (Wildman–Crippen LogP) is 5.65. The van der Waals surface area contributed by atoms with Gasteiger partial charge in [-0.25, -0.2) is 17.9 Å². The minimum Gasteiger partial charge on any atom is -0.448 e. The van der Waals surface area contributed by atoms with Crippen molar-refractivity contribution in [3.8, 4) is 0 Å². The van der Waals surface area contributed by atoms with Crippen LogP contribution in [0.1, 0.15) is 16.7 Å². The van der Waals surface area contributed by atoms with Gasteiger partial charge in [-0.15, -0.1) is 0 Å². The lowest BCUT2D eigenvalue weighted by molar-refractivity contribution is -0.137. The lowest BCUT2D eigenvalue weighted by atomic mass is 10.1. The van der Waals surface area contributed by atoms with Crippen molar-refractivity contribution in [1.29, 1.82) is 0 Å². The van der Waals surface area contributed by atoms with Crippen molar-refractivity contribution in [3.05, 3.63) is 82.4 Å². The van der Waals surface area contributed by atoms with Gasteiger partial charge < -0.3 is 15.8 Å². The summed E-state index contributed by atoms with van der Waals surface area (Å²) in [6, 6.07) is 14.6. The van der Waals surface area contributed by atoms with Crippen molar-refractivity contribution >= 4 is 44.8 Å². The SMILES string of the molecule is Cc1ccc(S(=O)(=O)NC(=O)OCCc2ccc(Nc3cc(Cl)c(C(F)(F)F)cc3N)cc2)cc1. The van der Waals surface area contributed by atoms with Crippen LogP contribution in [-0.4, -0.2) is 21.1 Å². The number of sulfonamides is 1. The first kappa shape index (κ1) is 26.2. The average molecular weight is 528 g/mol. The monoisotopic (exact) mass is 527 g/mol. The van der Waals surface area contributed by atoms with Gasteiger partial charge in [-0.05, 0) is 48.9 Å². The maximum Gasteiger partial charge on any atom is 0.421 e. The van der Waals surface area contributed by atoms with Gasteiger partial charge in [0.1, 0.15) is 0 Å². The van der Waals surface area contributed by atoms with E-state index in [-0.39, 0.29) is 22.9 Å². The molecular formula is C23H21ClF3N3O4S. The number of carbonyl (C=O) groups excluding carboxylic acids is 1. The summed E-state index contributed by atoms with van der Waals surface area (Å²) in [4.78, 5) is 11.8. The van der Waals surface area contributed by atoms with Crippen LogP contribution >= 0.6 is 11.6 Å². The summed E-state index contributed by atoms with van der Waals surface area (Å²) >= 11 is 5.74. The van der Waals surface area contributed by atoms with Crippen molar-refractivity contribution in [2.45, 2.75) is 24.4 Å². The van der Waals surface area contributed by atoms with E-state index in [1.165, 1.54) is 12.1 Å². The molecule has 0 spiro atoms. The summed E-state index contributed by atoms with van der Waals surface area (Å²) in [5.41, 5.74) is 6.98. The van der Waals surface area contributed by atoms with E-state index in [1.807, 2.05) is 4.72 Å². The number of amides is 1. The highest BCUT2D eigenvalue weighted by Gasteiger charge is 2.33. The van der Waals surface area contributed by atoms with Crippen molar-refractivity contribution in [2.24, 2.45) is 0 Å². The number of halogens is 4. The fourth-order valence-electron chi connectivity index (χ4n) is 3.00. The molecule has 0 aliphatic heterocycles. The second kappa shape index (κ2) is 10.4. The fraction of sp³-hybridized carbons (Fsp3) is 0.174. The Morgan fingerprint density at radius 1 is 1.06 bits per heavy atom. The van der Waals surface area contributed by atoms with Crippen molar-refractivity contribution < 1.29 is 31.1 Å². The van der Waals surface area contributed by atoms with Crippen LogP contribution in [0.2, 0.25) is 5.02 Å². The summed E-state index contributed by atoms with van der Waals surface area (Å²) < 4.78 is 70.0. The summed E-state index contributed by atoms with van der Waals surface area (Å²) in [6.07, 6.45) is -5.42. The lowest BCUT2D eigenvalue weighted by Crippen LogP contribution is -2.31. The first-order valence-corrected chi connectivity index (χ1v) is 12.0.